The van der Waals surface area contributed by atoms with Gasteiger partial charge in [-0.2, -0.15) is 0 Å². The van der Waals surface area contributed by atoms with Gasteiger partial charge in [0.1, 0.15) is 24.4 Å². The lowest BCUT2D eigenvalue weighted by Gasteiger charge is -2.27. The summed E-state index contributed by atoms with van der Waals surface area (Å²) in [6, 6.07) is -0.884. The van der Waals surface area contributed by atoms with Gasteiger partial charge >= 0.3 is 7.75 Å². The maximum Gasteiger partial charge on any atom is 0.403 e. The topological polar surface area (TPSA) is 150 Å². The first-order valence-corrected chi connectivity index (χ1v) is 7.74. The van der Waals surface area contributed by atoms with Crippen molar-refractivity contribution in [3.05, 3.63) is 0 Å². The molecule has 0 aliphatic carbocycles. The molecule has 0 radical (unpaired) electrons. The fourth-order valence-electron chi connectivity index (χ4n) is 2.01. The number of hydrogen-bond donors (Lipinski definition) is 4. The van der Waals surface area contributed by atoms with E-state index in [2.05, 4.69) is 9.84 Å². The predicted octanol–water partition coefficient (Wildman–Crippen LogP) is -1.69. The van der Waals surface area contributed by atoms with E-state index in [9.17, 15) is 14.5 Å². The van der Waals surface area contributed by atoms with Crippen molar-refractivity contribution in [3.63, 3.8) is 0 Å². The Morgan fingerprint density at radius 2 is 2.14 bits per heavy atom. The lowest BCUT2D eigenvalue weighted by atomic mass is 10.0. The number of aliphatic hydroxyl groups is 2. The van der Waals surface area contributed by atoms with Gasteiger partial charge in [0, 0.05) is 21.1 Å². The van der Waals surface area contributed by atoms with Crippen molar-refractivity contribution in [3.8, 4) is 0 Å². The van der Waals surface area contributed by atoms with Crippen LogP contribution in [-0.4, -0.2) is 67.6 Å². The molecule has 10 nitrogen and oxygen atoms in total. The molecule has 1 unspecified atom stereocenters. The summed E-state index contributed by atoms with van der Waals surface area (Å²) in [7, 11) is -1.49. The van der Waals surface area contributed by atoms with Crippen LogP contribution in [0.4, 0.5) is 0 Å². The van der Waals surface area contributed by atoms with E-state index in [-0.39, 0.29) is 0 Å². The SMILES string of the molecule is CO[C@@H]1O[C@@H]([C@H](O)CO)[C@H](OP(N)(=O)OC)[C@H]1NC(C)=O. The first-order chi connectivity index (χ1) is 9.75. The van der Waals surface area contributed by atoms with Crippen LogP contribution in [0.5, 0.6) is 0 Å². The summed E-state index contributed by atoms with van der Waals surface area (Å²) in [6.07, 6.45) is -4.55. The van der Waals surface area contributed by atoms with E-state index in [0.29, 0.717) is 0 Å². The first kappa shape index (κ1) is 18.5. The zero-order valence-electron chi connectivity index (χ0n) is 12.0. The van der Waals surface area contributed by atoms with Gasteiger partial charge in [-0.05, 0) is 0 Å². The molecule has 21 heavy (non-hydrogen) atoms. The normalized spacial score (nSPS) is 33.4. The molecule has 1 amide bonds. The summed E-state index contributed by atoms with van der Waals surface area (Å²) >= 11 is 0. The van der Waals surface area contributed by atoms with Crippen molar-refractivity contribution in [1.82, 2.24) is 5.32 Å². The molecule has 5 N–H and O–H groups in total. The van der Waals surface area contributed by atoms with E-state index >= 15 is 0 Å². The summed E-state index contributed by atoms with van der Waals surface area (Å²) in [5, 5.41) is 21.3. The lowest BCUT2D eigenvalue weighted by Crippen LogP contribution is -2.50. The molecule has 0 spiro atoms. The van der Waals surface area contributed by atoms with E-state index in [0.717, 1.165) is 7.11 Å². The zero-order chi connectivity index (χ0) is 16.2. The Bertz CT molecular complexity index is 409. The van der Waals surface area contributed by atoms with Crippen molar-refractivity contribution in [2.45, 2.75) is 37.6 Å². The molecular formula is C10H21N2O8P. The molecular weight excluding hydrogens is 307 g/mol. The molecule has 0 aromatic rings. The number of amides is 1. The van der Waals surface area contributed by atoms with Crippen molar-refractivity contribution >= 4 is 13.7 Å². The third-order valence-corrected chi connectivity index (χ3v) is 4.00. The summed E-state index contributed by atoms with van der Waals surface area (Å²) in [5.74, 6) is -0.414. The number of nitrogens with two attached hydrogens (primary N) is 1. The van der Waals surface area contributed by atoms with Crippen LogP contribution in [-0.2, 0) is 27.9 Å². The predicted molar refractivity (Wildman–Crippen MR) is 70.0 cm³/mol. The van der Waals surface area contributed by atoms with Crippen LogP contribution in [0.15, 0.2) is 0 Å². The van der Waals surface area contributed by atoms with Crippen LogP contribution < -0.4 is 10.8 Å². The van der Waals surface area contributed by atoms with Gasteiger partial charge in [-0.15, -0.1) is 0 Å². The standard InChI is InChI=1S/C10H21N2O8P/c1-5(14)12-7-9(20-21(11,16)18-3)8(6(15)4-13)19-10(7)17-2/h6-10,13,15H,4H2,1-3H3,(H2,11,16)(H,12,14)/t6-,7-,8+,9-,10-,21?/m1/s1. The van der Waals surface area contributed by atoms with E-state index in [1.54, 1.807) is 0 Å². The number of carbonyl (C=O) groups is 1. The Morgan fingerprint density at radius 3 is 2.57 bits per heavy atom. The fraction of sp³-hybridized carbons (Fsp3) is 0.900. The van der Waals surface area contributed by atoms with Crippen LogP contribution in [0, 0.1) is 0 Å². The maximum atomic E-state index is 11.8. The monoisotopic (exact) mass is 328 g/mol. The third-order valence-electron chi connectivity index (χ3n) is 2.95. The highest BCUT2D eigenvalue weighted by molar-refractivity contribution is 7.51. The average Bonchev–Trinajstić information content (AvgIpc) is 2.75. The van der Waals surface area contributed by atoms with Crippen molar-refractivity contribution in [2.75, 3.05) is 20.8 Å². The highest BCUT2D eigenvalue weighted by Gasteiger charge is 2.51. The smallest absolute Gasteiger partial charge is 0.394 e. The highest BCUT2D eigenvalue weighted by atomic mass is 31.2. The number of methoxy groups -OCH3 is 1. The average molecular weight is 328 g/mol. The van der Waals surface area contributed by atoms with Crippen molar-refractivity contribution in [2.24, 2.45) is 5.50 Å². The third kappa shape index (κ3) is 4.70. The van der Waals surface area contributed by atoms with Crippen molar-refractivity contribution < 1.29 is 38.1 Å². The number of aliphatic hydroxyl groups excluding tert-OH is 2. The van der Waals surface area contributed by atoms with Crippen LogP contribution in [0.3, 0.4) is 0 Å². The Hall–Kier alpha value is -0.580. The minimum Gasteiger partial charge on any atom is -0.394 e. The Morgan fingerprint density at radius 1 is 1.52 bits per heavy atom. The van der Waals surface area contributed by atoms with Crippen LogP contribution in [0.2, 0.25) is 0 Å². The maximum absolute atomic E-state index is 11.8. The number of nitrogens with one attached hydrogen (secondary N) is 1. The summed E-state index contributed by atoms with van der Waals surface area (Å²) in [6.45, 7) is 0.632. The molecule has 6 atom stereocenters. The molecule has 124 valence electrons. The van der Waals surface area contributed by atoms with Gasteiger partial charge in [-0.25, -0.2) is 10.1 Å². The highest BCUT2D eigenvalue weighted by Crippen LogP contribution is 2.43. The molecule has 1 aliphatic rings. The van der Waals surface area contributed by atoms with E-state index in [1.165, 1.54) is 14.0 Å². The molecule has 0 saturated carbocycles. The van der Waals surface area contributed by atoms with Gasteiger partial charge in [0.05, 0.1) is 6.61 Å². The molecule has 1 rings (SSSR count). The Balaban J connectivity index is 3.04. The molecule has 11 heteroatoms. The van der Waals surface area contributed by atoms with Gasteiger partial charge in [0.2, 0.25) is 5.91 Å². The van der Waals surface area contributed by atoms with Gasteiger partial charge in [0.25, 0.3) is 0 Å². The molecule has 0 aromatic carbocycles. The van der Waals surface area contributed by atoms with Crippen LogP contribution in [0.25, 0.3) is 0 Å². The molecule has 1 fully saturated rings. The summed E-state index contributed by atoms with van der Waals surface area (Å²) in [5.41, 5.74) is 5.34. The Kier molecular flexibility index (Phi) is 6.70. The number of hydrogen-bond acceptors (Lipinski definition) is 8. The number of carbonyl (C=O) groups excluding carboxylic acids is 1. The second-order valence-electron chi connectivity index (χ2n) is 4.47. The molecule has 1 heterocycles. The molecule has 0 aromatic heterocycles. The van der Waals surface area contributed by atoms with E-state index in [4.69, 9.17) is 24.6 Å². The summed E-state index contributed by atoms with van der Waals surface area (Å²) in [4.78, 5) is 11.3. The lowest BCUT2D eigenvalue weighted by molar-refractivity contribution is -0.154. The van der Waals surface area contributed by atoms with Gasteiger partial charge in [0.15, 0.2) is 6.29 Å². The molecule has 1 aliphatic heterocycles. The second-order valence-corrected chi connectivity index (χ2v) is 6.13. The van der Waals surface area contributed by atoms with Gasteiger partial charge in [-0.1, -0.05) is 0 Å². The van der Waals surface area contributed by atoms with Gasteiger partial charge in [-0.3, -0.25) is 9.32 Å². The molecule has 0 bridgehead atoms. The summed E-state index contributed by atoms with van der Waals surface area (Å²) < 4.78 is 31.9. The number of rotatable bonds is 7. The largest absolute Gasteiger partial charge is 0.403 e. The quantitative estimate of drug-likeness (QED) is 0.402. The van der Waals surface area contributed by atoms with Crippen LogP contribution >= 0.6 is 7.75 Å². The first-order valence-electron chi connectivity index (χ1n) is 6.12. The zero-order valence-corrected chi connectivity index (χ0v) is 12.9. The Labute approximate surface area is 122 Å². The minimum absolute atomic E-state index is 0.414. The van der Waals surface area contributed by atoms with Crippen LogP contribution in [0.1, 0.15) is 6.92 Å². The van der Waals surface area contributed by atoms with E-state index < -0.39 is 50.9 Å². The molecule has 1 saturated heterocycles. The van der Waals surface area contributed by atoms with E-state index in [1.807, 2.05) is 0 Å². The second kappa shape index (κ2) is 7.61. The fourth-order valence-corrected chi connectivity index (χ4v) is 2.69. The van der Waals surface area contributed by atoms with Gasteiger partial charge < -0.3 is 29.5 Å². The van der Waals surface area contributed by atoms with Crippen molar-refractivity contribution in [1.29, 1.82) is 0 Å². The minimum atomic E-state index is -3.91. The number of ether oxygens (including phenoxy) is 2.